The molecule has 3 aromatic heterocycles. The van der Waals surface area contributed by atoms with E-state index in [0.29, 0.717) is 11.4 Å². The molecule has 0 saturated heterocycles. The topological polar surface area (TPSA) is 92.7 Å². The van der Waals surface area contributed by atoms with Gasteiger partial charge >= 0.3 is 0 Å². The second kappa shape index (κ2) is 7.38. The van der Waals surface area contributed by atoms with Gasteiger partial charge in [-0.25, -0.2) is 9.07 Å². The second-order valence-corrected chi connectivity index (χ2v) is 7.04. The van der Waals surface area contributed by atoms with Crippen molar-refractivity contribution >= 4 is 11.6 Å². The van der Waals surface area contributed by atoms with E-state index in [0.717, 1.165) is 49.2 Å². The van der Waals surface area contributed by atoms with Crippen molar-refractivity contribution in [2.75, 3.05) is 5.32 Å². The Hall–Kier alpha value is -3.29. The highest BCUT2D eigenvalue weighted by Crippen LogP contribution is 2.30. The normalized spacial score (nSPS) is 17.2. The van der Waals surface area contributed by atoms with E-state index in [1.807, 2.05) is 13.0 Å². The van der Waals surface area contributed by atoms with Crippen LogP contribution in [0.15, 0.2) is 41.6 Å². The summed E-state index contributed by atoms with van der Waals surface area (Å²) in [6.45, 7) is 1.89. The number of carbonyl (C=O) groups is 1. The predicted octanol–water partition coefficient (Wildman–Crippen LogP) is 3.06. The fourth-order valence-corrected chi connectivity index (χ4v) is 3.33. The molecule has 1 unspecified atom stereocenters. The molecule has 0 spiro atoms. The molecular formula is C20H20FN5O2. The number of rotatable bonds is 1. The molecule has 2 N–H and O–H groups in total. The molecule has 4 rings (SSSR count). The van der Waals surface area contributed by atoms with E-state index < -0.39 is 11.4 Å². The number of amides is 1. The Balaban J connectivity index is 1.86. The Bertz CT molecular complexity index is 1090. The maximum absolute atomic E-state index is 14.2. The number of aromatic nitrogens is 4. The number of fused-ring (bicyclic) bond motifs is 4. The Labute approximate surface area is 160 Å². The van der Waals surface area contributed by atoms with Crippen LogP contribution < -0.4 is 10.9 Å². The third kappa shape index (κ3) is 3.58. The standard InChI is InChI=1S/C20H20FN5O2/c1-12-4-2-3-5-14-8-13(6-7-22-14)19-16(24-20(12)28)11-26(25-19)17-9-18(27)23-10-15(17)21/h6-12H,2-5H2,1H3,(H,23,27)(H,24,28). The first-order valence-electron chi connectivity index (χ1n) is 9.26. The van der Waals surface area contributed by atoms with Gasteiger partial charge in [0.2, 0.25) is 11.5 Å². The Morgan fingerprint density at radius 1 is 1.25 bits per heavy atom. The summed E-state index contributed by atoms with van der Waals surface area (Å²) in [6.07, 6.45) is 7.71. The van der Waals surface area contributed by atoms with Gasteiger partial charge in [0.1, 0.15) is 11.4 Å². The number of halogens is 1. The van der Waals surface area contributed by atoms with Crippen LogP contribution in [0.1, 0.15) is 31.9 Å². The smallest absolute Gasteiger partial charge is 0.250 e. The van der Waals surface area contributed by atoms with Crippen LogP contribution in [0.4, 0.5) is 10.1 Å². The van der Waals surface area contributed by atoms with Crippen molar-refractivity contribution in [3.05, 3.63) is 58.7 Å². The molecule has 0 radical (unpaired) electrons. The van der Waals surface area contributed by atoms with Gasteiger partial charge in [-0.1, -0.05) is 13.3 Å². The summed E-state index contributed by atoms with van der Waals surface area (Å²) < 4.78 is 15.5. The summed E-state index contributed by atoms with van der Waals surface area (Å²) in [5.41, 5.74) is 2.26. The summed E-state index contributed by atoms with van der Waals surface area (Å²) in [4.78, 5) is 30.9. The number of H-pyrrole nitrogens is 1. The number of aryl methyl sites for hydroxylation is 1. The lowest BCUT2D eigenvalue weighted by atomic mass is 10.00. The monoisotopic (exact) mass is 381 g/mol. The lowest BCUT2D eigenvalue weighted by molar-refractivity contribution is -0.119. The molecule has 0 fully saturated rings. The molecule has 1 atom stereocenters. The molecule has 1 amide bonds. The number of hydrogen-bond acceptors (Lipinski definition) is 4. The number of pyridine rings is 2. The summed E-state index contributed by atoms with van der Waals surface area (Å²) in [5, 5.41) is 7.38. The maximum Gasteiger partial charge on any atom is 0.250 e. The number of nitrogens with one attached hydrogen (secondary N) is 2. The fraction of sp³-hybridized carbons (Fsp3) is 0.300. The van der Waals surface area contributed by atoms with Crippen molar-refractivity contribution in [1.82, 2.24) is 19.7 Å². The summed E-state index contributed by atoms with van der Waals surface area (Å²) in [7, 11) is 0. The third-order valence-corrected chi connectivity index (χ3v) is 4.93. The van der Waals surface area contributed by atoms with E-state index in [9.17, 15) is 14.0 Å². The van der Waals surface area contributed by atoms with Crippen molar-refractivity contribution in [3.63, 3.8) is 0 Å². The molecule has 0 aliphatic carbocycles. The maximum atomic E-state index is 14.2. The summed E-state index contributed by atoms with van der Waals surface area (Å²) in [6, 6.07) is 4.86. The minimum absolute atomic E-state index is 0.0112. The zero-order chi connectivity index (χ0) is 19.7. The highest BCUT2D eigenvalue weighted by molar-refractivity contribution is 5.95. The molecule has 0 saturated carbocycles. The first kappa shape index (κ1) is 18.1. The second-order valence-electron chi connectivity index (χ2n) is 7.04. The van der Waals surface area contributed by atoms with Gasteiger partial charge in [0, 0.05) is 35.6 Å². The Morgan fingerprint density at radius 2 is 2.11 bits per heavy atom. The summed E-state index contributed by atoms with van der Waals surface area (Å²) in [5.74, 6) is -0.881. The molecule has 0 aromatic carbocycles. The Morgan fingerprint density at radius 3 is 2.96 bits per heavy atom. The van der Waals surface area contributed by atoms with Crippen LogP contribution in [0.25, 0.3) is 16.9 Å². The number of hydrogen-bond donors (Lipinski definition) is 2. The van der Waals surface area contributed by atoms with Crippen molar-refractivity contribution in [2.45, 2.75) is 32.6 Å². The number of anilines is 1. The van der Waals surface area contributed by atoms with Gasteiger partial charge in [0.25, 0.3) is 0 Å². The van der Waals surface area contributed by atoms with E-state index in [-0.39, 0.29) is 17.5 Å². The van der Waals surface area contributed by atoms with Crippen LogP contribution in [-0.4, -0.2) is 25.7 Å². The minimum Gasteiger partial charge on any atom is -0.326 e. The van der Waals surface area contributed by atoms with Crippen LogP contribution in [0, 0.1) is 11.7 Å². The van der Waals surface area contributed by atoms with E-state index in [4.69, 9.17) is 0 Å². The zero-order valence-electron chi connectivity index (χ0n) is 15.4. The van der Waals surface area contributed by atoms with Crippen molar-refractivity contribution in [3.8, 4) is 16.9 Å². The first-order chi connectivity index (χ1) is 13.5. The largest absolute Gasteiger partial charge is 0.326 e. The quantitative estimate of drug-likeness (QED) is 0.678. The number of carbonyl (C=O) groups excluding carboxylic acids is 1. The zero-order valence-corrected chi connectivity index (χ0v) is 15.4. The minimum atomic E-state index is -0.617. The van der Waals surface area contributed by atoms with Gasteiger partial charge in [-0.2, -0.15) is 5.10 Å². The van der Waals surface area contributed by atoms with E-state index in [1.54, 1.807) is 12.3 Å². The van der Waals surface area contributed by atoms with Crippen LogP contribution in [0.5, 0.6) is 0 Å². The molecule has 3 aromatic rings. The van der Waals surface area contributed by atoms with Crippen LogP contribution in [0.2, 0.25) is 0 Å². The van der Waals surface area contributed by atoms with E-state index >= 15 is 0 Å². The highest BCUT2D eigenvalue weighted by Gasteiger charge is 2.20. The lowest BCUT2D eigenvalue weighted by Crippen LogP contribution is -2.20. The van der Waals surface area contributed by atoms with Crippen LogP contribution in [-0.2, 0) is 11.2 Å². The van der Waals surface area contributed by atoms with Crippen molar-refractivity contribution < 1.29 is 9.18 Å². The van der Waals surface area contributed by atoms with E-state index in [2.05, 4.69) is 20.4 Å². The first-order valence-corrected chi connectivity index (χ1v) is 9.26. The third-order valence-electron chi connectivity index (χ3n) is 4.93. The van der Waals surface area contributed by atoms with Gasteiger partial charge in [0.15, 0.2) is 5.82 Å². The molecule has 144 valence electrons. The molecule has 2 bridgehead atoms. The molecule has 4 heterocycles. The summed E-state index contributed by atoms with van der Waals surface area (Å²) >= 11 is 0. The highest BCUT2D eigenvalue weighted by atomic mass is 19.1. The van der Waals surface area contributed by atoms with Crippen LogP contribution >= 0.6 is 0 Å². The molecule has 7 nitrogen and oxygen atoms in total. The van der Waals surface area contributed by atoms with Crippen molar-refractivity contribution in [2.24, 2.45) is 5.92 Å². The SMILES string of the molecule is CC1CCCCc2cc(ccn2)-c2nn(-c3cc(=O)[nH]cc3F)cc2NC1=O. The van der Waals surface area contributed by atoms with Gasteiger partial charge < -0.3 is 10.3 Å². The molecule has 8 heteroatoms. The van der Waals surface area contributed by atoms with E-state index in [1.165, 1.54) is 10.9 Å². The van der Waals surface area contributed by atoms with Gasteiger partial charge in [-0.05, 0) is 31.4 Å². The number of aromatic amines is 1. The lowest BCUT2D eigenvalue weighted by Gasteiger charge is -2.13. The number of nitrogens with zero attached hydrogens (tertiary/aromatic N) is 3. The Kier molecular flexibility index (Phi) is 4.77. The average molecular weight is 381 g/mol. The predicted molar refractivity (Wildman–Crippen MR) is 103 cm³/mol. The van der Waals surface area contributed by atoms with Crippen molar-refractivity contribution in [1.29, 1.82) is 0 Å². The molecule has 1 aliphatic heterocycles. The van der Waals surface area contributed by atoms with Crippen LogP contribution in [0.3, 0.4) is 0 Å². The van der Waals surface area contributed by atoms with Gasteiger partial charge in [0.05, 0.1) is 11.9 Å². The molecule has 28 heavy (non-hydrogen) atoms. The molecule has 1 aliphatic rings. The fourth-order valence-electron chi connectivity index (χ4n) is 3.33. The average Bonchev–Trinajstić information content (AvgIpc) is 3.10. The van der Waals surface area contributed by atoms with Gasteiger partial charge in [-0.15, -0.1) is 0 Å². The van der Waals surface area contributed by atoms with Gasteiger partial charge in [-0.3, -0.25) is 14.6 Å². The molecular weight excluding hydrogens is 361 g/mol.